The lowest BCUT2D eigenvalue weighted by Gasteiger charge is -2.25. The summed E-state index contributed by atoms with van der Waals surface area (Å²) < 4.78 is 5.16. The van der Waals surface area contributed by atoms with Crippen molar-refractivity contribution in [1.29, 1.82) is 0 Å². The van der Waals surface area contributed by atoms with Gasteiger partial charge in [-0.25, -0.2) is 0 Å². The maximum atomic E-state index is 11.2. The molecule has 23 heavy (non-hydrogen) atoms. The quantitative estimate of drug-likeness (QED) is 0.471. The van der Waals surface area contributed by atoms with Gasteiger partial charge < -0.3 is 9.84 Å². The van der Waals surface area contributed by atoms with Crippen LogP contribution in [0.25, 0.3) is 0 Å². The second kappa shape index (κ2) is 12.9. The summed E-state index contributed by atoms with van der Waals surface area (Å²) in [7, 11) is 0. The summed E-state index contributed by atoms with van der Waals surface area (Å²) in [6.45, 7) is 2.14. The van der Waals surface area contributed by atoms with Crippen molar-refractivity contribution >= 4 is 5.97 Å². The number of cyclic esters (lactones) is 1. The number of carbonyl (C=O) groups excluding carboxylic acids is 1. The average Bonchev–Trinajstić information content (AvgIpc) is 2.55. The first kappa shape index (κ1) is 19.4. The summed E-state index contributed by atoms with van der Waals surface area (Å²) in [5.74, 6) is -0.189. The lowest BCUT2D eigenvalue weighted by Crippen LogP contribution is -2.34. The molecule has 0 aromatic rings. The van der Waals surface area contributed by atoms with Crippen LogP contribution < -0.4 is 0 Å². The predicted octanol–water partition coefficient (Wildman–Crippen LogP) is 4.64. The van der Waals surface area contributed by atoms with Gasteiger partial charge in [0, 0.05) is 6.42 Å². The highest BCUT2D eigenvalue weighted by atomic mass is 16.6. The Morgan fingerprint density at radius 2 is 1.61 bits per heavy atom. The van der Waals surface area contributed by atoms with Gasteiger partial charge in [-0.2, -0.15) is 0 Å². The van der Waals surface area contributed by atoms with Crippen LogP contribution in [-0.4, -0.2) is 23.3 Å². The van der Waals surface area contributed by atoms with Crippen LogP contribution in [0.2, 0.25) is 0 Å². The molecular weight excluding hydrogens is 288 g/mol. The number of aliphatic hydroxyl groups is 1. The molecule has 0 aromatic heterocycles. The van der Waals surface area contributed by atoms with E-state index in [1.165, 1.54) is 0 Å². The number of allylic oxidation sites excluding steroid dienone is 7. The first-order valence-corrected chi connectivity index (χ1v) is 8.71. The molecule has 0 radical (unpaired) electrons. The zero-order valence-corrected chi connectivity index (χ0v) is 14.2. The fourth-order valence-electron chi connectivity index (χ4n) is 2.37. The van der Waals surface area contributed by atoms with E-state index in [9.17, 15) is 9.90 Å². The van der Waals surface area contributed by atoms with Gasteiger partial charge in [-0.05, 0) is 44.9 Å². The highest BCUT2D eigenvalue weighted by molar-refractivity contribution is 5.70. The Morgan fingerprint density at radius 1 is 1.04 bits per heavy atom. The molecule has 0 amide bonds. The largest absolute Gasteiger partial charge is 0.460 e. The van der Waals surface area contributed by atoms with E-state index in [1.54, 1.807) is 0 Å². The minimum Gasteiger partial charge on any atom is -0.460 e. The number of esters is 1. The van der Waals surface area contributed by atoms with Crippen LogP contribution in [0.5, 0.6) is 0 Å². The van der Waals surface area contributed by atoms with E-state index < -0.39 is 6.10 Å². The minimum absolute atomic E-state index is 0.189. The van der Waals surface area contributed by atoms with Crippen molar-refractivity contribution in [1.82, 2.24) is 0 Å². The Kier molecular flexibility index (Phi) is 10.9. The van der Waals surface area contributed by atoms with Gasteiger partial charge in [0.25, 0.3) is 0 Å². The maximum Gasteiger partial charge on any atom is 0.306 e. The molecule has 2 atom stereocenters. The molecule has 1 rings (SSSR count). The molecule has 2 unspecified atom stereocenters. The number of hydrogen-bond donors (Lipinski definition) is 1. The van der Waals surface area contributed by atoms with Crippen LogP contribution >= 0.6 is 0 Å². The van der Waals surface area contributed by atoms with Crippen molar-refractivity contribution in [3.8, 4) is 0 Å². The smallest absolute Gasteiger partial charge is 0.306 e. The molecule has 0 aromatic carbocycles. The zero-order chi connectivity index (χ0) is 16.8. The fourth-order valence-corrected chi connectivity index (χ4v) is 2.37. The third-order valence-electron chi connectivity index (χ3n) is 3.68. The third-order valence-corrected chi connectivity index (χ3v) is 3.68. The summed E-state index contributed by atoms with van der Waals surface area (Å²) >= 11 is 0. The number of rotatable bonds is 10. The van der Waals surface area contributed by atoms with E-state index in [0.717, 1.165) is 38.5 Å². The maximum absolute atomic E-state index is 11.2. The van der Waals surface area contributed by atoms with Crippen LogP contribution in [-0.2, 0) is 9.53 Å². The average molecular weight is 318 g/mol. The lowest BCUT2D eigenvalue weighted by atomic mass is 10.0. The van der Waals surface area contributed by atoms with E-state index in [0.29, 0.717) is 12.8 Å². The van der Waals surface area contributed by atoms with Crippen molar-refractivity contribution in [2.75, 3.05) is 0 Å². The van der Waals surface area contributed by atoms with Crippen LogP contribution in [0.4, 0.5) is 0 Å². The molecule has 3 heteroatoms. The van der Waals surface area contributed by atoms with Gasteiger partial charge in [0.1, 0.15) is 6.10 Å². The van der Waals surface area contributed by atoms with Gasteiger partial charge in [-0.15, -0.1) is 0 Å². The molecule has 0 aliphatic carbocycles. The van der Waals surface area contributed by atoms with Gasteiger partial charge in [0.05, 0.1) is 6.10 Å². The molecule has 1 aliphatic rings. The molecule has 0 spiro atoms. The molecule has 0 saturated carbocycles. The summed E-state index contributed by atoms with van der Waals surface area (Å²) in [6.07, 6.45) is 22.6. The third kappa shape index (κ3) is 9.90. The Balaban J connectivity index is 2.08. The van der Waals surface area contributed by atoms with Crippen molar-refractivity contribution < 1.29 is 14.6 Å². The molecular formula is C20H30O3. The molecule has 1 fully saturated rings. The normalized spacial score (nSPS) is 21.0. The second-order valence-electron chi connectivity index (χ2n) is 5.72. The first-order chi connectivity index (χ1) is 11.2. The minimum atomic E-state index is -0.585. The molecule has 1 heterocycles. The zero-order valence-electron chi connectivity index (χ0n) is 14.2. The van der Waals surface area contributed by atoms with E-state index in [4.69, 9.17) is 4.74 Å². The summed E-state index contributed by atoms with van der Waals surface area (Å²) in [4.78, 5) is 11.2. The summed E-state index contributed by atoms with van der Waals surface area (Å²) in [5.41, 5.74) is 0. The van der Waals surface area contributed by atoms with Crippen LogP contribution in [0, 0.1) is 0 Å². The molecule has 128 valence electrons. The van der Waals surface area contributed by atoms with Crippen molar-refractivity contribution in [2.45, 2.75) is 70.5 Å². The van der Waals surface area contributed by atoms with E-state index >= 15 is 0 Å². The summed E-state index contributed by atoms with van der Waals surface area (Å²) in [5, 5.41) is 9.99. The Hall–Kier alpha value is -1.61. The number of hydrogen-bond acceptors (Lipinski definition) is 3. The van der Waals surface area contributed by atoms with Crippen molar-refractivity contribution in [3.05, 3.63) is 48.6 Å². The van der Waals surface area contributed by atoms with Crippen molar-refractivity contribution in [2.24, 2.45) is 0 Å². The van der Waals surface area contributed by atoms with Crippen LogP contribution in [0.3, 0.4) is 0 Å². The van der Waals surface area contributed by atoms with Crippen molar-refractivity contribution in [3.63, 3.8) is 0 Å². The molecule has 0 bridgehead atoms. The standard InChI is InChI=1S/C20H30O3/c1-2-3-4-5-6-7-8-9-10-11-12-13-15-18(21)19-16-14-17-20(22)23-19/h3-4,6-7,9-10,12-13,18-19,21H,2,5,8,11,14-17H2,1H3. The fraction of sp³-hybridized carbons (Fsp3) is 0.550. The highest BCUT2D eigenvalue weighted by Crippen LogP contribution is 2.18. The molecule has 1 aliphatic heterocycles. The SMILES string of the molecule is CCC=CCC=CCC=CCC=CCC(O)C1CCCC(=O)O1. The predicted molar refractivity (Wildman–Crippen MR) is 95.1 cm³/mol. The van der Waals surface area contributed by atoms with Gasteiger partial charge in [-0.1, -0.05) is 55.5 Å². The monoisotopic (exact) mass is 318 g/mol. The van der Waals surface area contributed by atoms with Gasteiger partial charge in [0.15, 0.2) is 0 Å². The van der Waals surface area contributed by atoms with Gasteiger partial charge in [0.2, 0.25) is 0 Å². The Labute approximate surface area is 140 Å². The highest BCUT2D eigenvalue weighted by Gasteiger charge is 2.26. The lowest BCUT2D eigenvalue weighted by molar-refractivity contribution is -0.160. The van der Waals surface area contributed by atoms with E-state index in [1.807, 2.05) is 12.2 Å². The van der Waals surface area contributed by atoms with Gasteiger partial charge in [-0.3, -0.25) is 4.79 Å². The molecule has 1 N–H and O–H groups in total. The summed E-state index contributed by atoms with van der Waals surface area (Å²) in [6, 6.07) is 0. The Morgan fingerprint density at radius 3 is 2.17 bits per heavy atom. The molecule has 1 saturated heterocycles. The van der Waals surface area contributed by atoms with E-state index in [-0.39, 0.29) is 12.1 Å². The molecule has 3 nitrogen and oxygen atoms in total. The van der Waals surface area contributed by atoms with Gasteiger partial charge >= 0.3 is 5.97 Å². The number of carbonyl (C=O) groups is 1. The van der Waals surface area contributed by atoms with E-state index in [2.05, 4.69) is 43.4 Å². The Bertz CT molecular complexity index is 432. The number of aliphatic hydroxyl groups excluding tert-OH is 1. The van der Waals surface area contributed by atoms with Crippen LogP contribution in [0.15, 0.2) is 48.6 Å². The topological polar surface area (TPSA) is 46.5 Å². The van der Waals surface area contributed by atoms with Crippen LogP contribution in [0.1, 0.15) is 58.3 Å². The number of ether oxygens (including phenoxy) is 1. The second-order valence-corrected chi connectivity index (χ2v) is 5.72. The first-order valence-electron chi connectivity index (χ1n) is 8.71.